The van der Waals surface area contributed by atoms with Crippen molar-refractivity contribution in [2.24, 2.45) is 0 Å². The number of fused-ring (bicyclic) bond motifs is 3. The lowest BCUT2D eigenvalue weighted by molar-refractivity contribution is 0.975. The average molecular weight is 348 g/mol. The van der Waals surface area contributed by atoms with Gasteiger partial charge in [-0.25, -0.2) is 4.57 Å². The van der Waals surface area contributed by atoms with Gasteiger partial charge in [0, 0.05) is 15.8 Å². The van der Waals surface area contributed by atoms with Crippen LogP contribution in [0.3, 0.4) is 0 Å². The first-order chi connectivity index (χ1) is 12.1. The van der Waals surface area contributed by atoms with Crippen molar-refractivity contribution in [1.29, 1.82) is 0 Å². The number of halogens is 1. The van der Waals surface area contributed by atoms with E-state index in [1.807, 2.05) is 31.2 Å². The van der Waals surface area contributed by atoms with Crippen LogP contribution in [0.4, 0.5) is 0 Å². The molecular formula is C21H14ClNO2. The number of hydrogen-bond donors (Lipinski definition) is 0. The van der Waals surface area contributed by atoms with E-state index < -0.39 is 0 Å². The second-order valence-corrected chi connectivity index (χ2v) is 6.38. The van der Waals surface area contributed by atoms with Gasteiger partial charge in [0.15, 0.2) is 0 Å². The van der Waals surface area contributed by atoms with E-state index in [1.165, 1.54) is 4.57 Å². The van der Waals surface area contributed by atoms with Crippen LogP contribution in [0.1, 0.15) is 5.56 Å². The summed E-state index contributed by atoms with van der Waals surface area (Å²) >= 11 is 6.22. The van der Waals surface area contributed by atoms with Gasteiger partial charge in [-0.2, -0.15) is 0 Å². The monoisotopic (exact) mass is 347 g/mol. The molecule has 122 valence electrons. The zero-order valence-electron chi connectivity index (χ0n) is 13.5. The minimum absolute atomic E-state index is 0.350. The Morgan fingerprint density at radius 2 is 1.20 bits per heavy atom. The van der Waals surface area contributed by atoms with Crippen molar-refractivity contribution < 1.29 is 0 Å². The Hall–Kier alpha value is -2.91. The van der Waals surface area contributed by atoms with Crippen molar-refractivity contribution in [3.63, 3.8) is 0 Å². The van der Waals surface area contributed by atoms with Crippen molar-refractivity contribution in [3.8, 4) is 5.69 Å². The van der Waals surface area contributed by atoms with Crippen molar-refractivity contribution >= 4 is 33.1 Å². The van der Waals surface area contributed by atoms with E-state index in [0.29, 0.717) is 21.5 Å². The number of rotatable bonds is 1. The zero-order valence-corrected chi connectivity index (χ0v) is 14.2. The molecule has 0 amide bonds. The van der Waals surface area contributed by atoms with Crippen LogP contribution in [0.2, 0.25) is 5.02 Å². The van der Waals surface area contributed by atoms with E-state index in [0.717, 1.165) is 16.3 Å². The van der Waals surface area contributed by atoms with Crippen LogP contribution in [0, 0.1) is 6.92 Å². The lowest BCUT2D eigenvalue weighted by atomic mass is 10.1. The van der Waals surface area contributed by atoms with Gasteiger partial charge in [0.25, 0.3) is 11.1 Å². The van der Waals surface area contributed by atoms with Crippen LogP contribution in [0.5, 0.6) is 0 Å². The van der Waals surface area contributed by atoms with Crippen molar-refractivity contribution in [1.82, 2.24) is 4.57 Å². The number of aromatic nitrogens is 1. The normalized spacial score (nSPS) is 11.1. The summed E-state index contributed by atoms with van der Waals surface area (Å²) in [6, 6.07) is 19.8. The standard InChI is InChI=1S/C21H14ClNO2/c1-13-10-11-14(12-19(13)22)23-20(24)17-8-4-2-6-15(17)16-7-3-5-9-18(16)21(23)25/h2-12H,1H3. The summed E-state index contributed by atoms with van der Waals surface area (Å²) in [5, 5.41) is 3.04. The summed E-state index contributed by atoms with van der Waals surface area (Å²) in [7, 11) is 0. The third-order valence-electron chi connectivity index (χ3n) is 4.42. The highest BCUT2D eigenvalue weighted by molar-refractivity contribution is 6.31. The van der Waals surface area contributed by atoms with Crippen molar-refractivity contribution in [2.75, 3.05) is 0 Å². The number of benzene rings is 3. The molecule has 0 bridgehead atoms. The topological polar surface area (TPSA) is 39.1 Å². The van der Waals surface area contributed by atoms with Crippen LogP contribution < -0.4 is 11.1 Å². The highest BCUT2D eigenvalue weighted by atomic mass is 35.5. The second kappa shape index (κ2) is 5.87. The molecule has 4 aromatic rings. The molecule has 25 heavy (non-hydrogen) atoms. The third-order valence-corrected chi connectivity index (χ3v) is 4.83. The Morgan fingerprint density at radius 1 is 0.720 bits per heavy atom. The minimum Gasteiger partial charge on any atom is -0.268 e. The fourth-order valence-electron chi connectivity index (χ4n) is 3.10. The highest BCUT2D eigenvalue weighted by Crippen LogP contribution is 2.22. The molecule has 0 spiro atoms. The molecule has 1 aromatic heterocycles. The molecule has 0 N–H and O–H groups in total. The predicted octanol–water partition coefficient (Wildman–Crippen LogP) is 4.47. The highest BCUT2D eigenvalue weighted by Gasteiger charge is 2.12. The maximum Gasteiger partial charge on any atom is 0.265 e. The number of nitrogens with zero attached hydrogens (tertiary/aromatic N) is 1. The summed E-state index contributed by atoms with van der Waals surface area (Å²) < 4.78 is 1.20. The van der Waals surface area contributed by atoms with Crippen LogP contribution >= 0.6 is 11.6 Å². The van der Waals surface area contributed by atoms with Crippen molar-refractivity contribution in [3.05, 3.63) is 98.0 Å². The first-order valence-corrected chi connectivity index (χ1v) is 8.29. The van der Waals surface area contributed by atoms with Gasteiger partial charge in [-0.05, 0) is 47.5 Å². The average Bonchev–Trinajstić information content (AvgIpc) is 2.73. The Bertz CT molecular complexity index is 1190. The lowest BCUT2D eigenvalue weighted by Crippen LogP contribution is -2.28. The molecule has 0 unspecified atom stereocenters. The first-order valence-electron chi connectivity index (χ1n) is 7.91. The molecular weight excluding hydrogens is 334 g/mol. The molecule has 0 aliphatic carbocycles. The van der Waals surface area contributed by atoms with E-state index in [-0.39, 0.29) is 11.1 Å². The molecule has 0 aliphatic rings. The molecule has 0 aliphatic heterocycles. The fourth-order valence-corrected chi connectivity index (χ4v) is 3.27. The molecule has 0 radical (unpaired) electrons. The Labute approximate surface area is 148 Å². The first kappa shape index (κ1) is 15.6. The van der Waals surface area contributed by atoms with E-state index in [1.54, 1.807) is 42.5 Å². The lowest BCUT2D eigenvalue weighted by Gasteiger charge is -2.05. The number of hydrogen-bond acceptors (Lipinski definition) is 2. The van der Waals surface area contributed by atoms with Gasteiger partial charge in [0.1, 0.15) is 0 Å². The molecule has 0 saturated heterocycles. The quantitative estimate of drug-likeness (QED) is 0.509. The molecule has 3 nitrogen and oxygen atoms in total. The summed E-state index contributed by atoms with van der Waals surface area (Å²) in [6.07, 6.45) is 0. The second-order valence-electron chi connectivity index (χ2n) is 5.97. The minimum atomic E-state index is -0.350. The Kier molecular flexibility index (Phi) is 3.66. The summed E-state index contributed by atoms with van der Waals surface area (Å²) in [6.45, 7) is 1.88. The van der Waals surface area contributed by atoms with Crippen LogP contribution in [0.15, 0.2) is 76.3 Å². The largest absolute Gasteiger partial charge is 0.268 e. The Balaban J connectivity index is 2.31. The van der Waals surface area contributed by atoms with Gasteiger partial charge < -0.3 is 0 Å². The predicted molar refractivity (Wildman–Crippen MR) is 103 cm³/mol. The van der Waals surface area contributed by atoms with Crippen LogP contribution in [-0.4, -0.2) is 4.57 Å². The van der Waals surface area contributed by atoms with Crippen molar-refractivity contribution in [2.45, 2.75) is 6.92 Å². The summed E-state index contributed by atoms with van der Waals surface area (Å²) in [4.78, 5) is 26.3. The van der Waals surface area contributed by atoms with Crippen LogP contribution in [-0.2, 0) is 0 Å². The third kappa shape index (κ3) is 2.44. The SMILES string of the molecule is Cc1ccc(-n2c(=O)c3ccccc3c3ccccc3c2=O)cc1Cl. The van der Waals surface area contributed by atoms with Crippen LogP contribution in [0.25, 0.3) is 27.2 Å². The van der Waals surface area contributed by atoms with E-state index >= 15 is 0 Å². The maximum atomic E-state index is 13.2. The number of aryl methyl sites for hydroxylation is 1. The molecule has 0 fully saturated rings. The molecule has 0 saturated carbocycles. The molecule has 0 atom stereocenters. The molecule has 3 aromatic carbocycles. The molecule has 1 heterocycles. The van der Waals surface area contributed by atoms with Gasteiger partial charge in [-0.3, -0.25) is 9.59 Å². The maximum absolute atomic E-state index is 13.2. The summed E-state index contributed by atoms with van der Waals surface area (Å²) in [5.74, 6) is 0. The summed E-state index contributed by atoms with van der Waals surface area (Å²) in [5.41, 5.74) is 0.659. The van der Waals surface area contributed by atoms with E-state index in [9.17, 15) is 9.59 Å². The van der Waals surface area contributed by atoms with Gasteiger partial charge in [0.2, 0.25) is 0 Å². The molecule has 4 rings (SSSR count). The molecule has 4 heteroatoms. The van der Waals surface area contributed by atoms with E-state index in [2.05, 4.69) is 0 Å². The van der Waals surface area contributed by atoms with Gasteiger partial charge in [-0.1, -0.05) is 54.1 Å². The van der Waals surface area contributed by atoms with Gasteiger partial charge >= 0.3 is 0 Å². The Morgan fingerprint density at radius 3 is 1.68 bits per heavy atom. The smallest absolute Gasteiger partial charge is 0.265 e. The fraction of sp³-hybridized carbons (Fsp3) is 0.0476. The zero-order chi connectivity index (χ0) is 17.6. The van der Waals surface area contributed by atoms with Gasteiger partial charge in [0.05, 0.1) is 5.69 Å². The van der Waals surface area contributed by atoms with E-state index in [4.69, 9.17) is 11.6 Å². The van der Waals surface area contributed by atoms with Gasteiger partial charge in [-0.15, -0.1) is 0 Å².